The van der Waals surface area contributed by atoms with Gasteiger partial charge in [0.25, 0.3) is 0 Å². The lowest BCUT2D eigenvalue weighted by atomic mass is 10.1. The fourth-order valence-corrected chi connectivity index (χ4v) is 3.56. The first-order valence-corrected chi connectivity index (χ1v) is 9.65. The molecule has 0 bridgehead atoms. The molecule has 0 unspecified atom stereocenters. The molecule has 0 saturated carbocycles. The lowest BCUT2D eigenvalue weighted by Crippen LogP contribution is -2.42. The Hall–Kier alpha value is -3.03. The third-order valence-electron chi connectivity index (χ3n) is 5.17. The van der Waals surface area contributed by atoms with Crippen molar-refractivity contribution >= 4 is 23.2 Å². The first-order valence-electron chi connectivity index (χ1n) is 9.65. The summed E-state index contributed by atoms with van der Waals surface area (Å²) in [4.78, 5) is 21.8. The van der Waals surface area contributed by atoms with Gasteiger partial charge in [-0.3, -0.25) is 4.57 Å². The van der Waals surface area contributed by atoms with Gasteiger partial charge >= 0.3 is 6.09 Å². The van der Waals surface area contributed by atoms with Gasteiger partial charge in [0.2, 0.25) is 5.95 Å². The van der Waals surface area contributed by atoms with Crippen molar-refractivity contribution in [1.29, 1.82) is 0 Å². The van der Waals surface area contributed by atoms with Crippen LogP contribution in [0.2, 0.25) is 0 Å². The molecule has 3 aromatic rings. The van der Waals surface area contributed by atoms with E-state index in [-0.39, 0.29) is 6.04 Å². The first-order chi connectivity index (χ1) is 13.5. The minimum Gasteiger partial charge on any atom is -0.465 e. The van der Waals surface area contributed by atoms with Crippen molar-refractivity contribution < 1.29 is 14.3 Å². The van der Waals surface area contributed by atoms with Crippen LogP contribution in [0.25, 0.3) is 11.2 Å². The molecule has 148 valence electrons. The average Bonchev–Trinajstić information content (AvgIpc) is 3.28. The molecule has 4 rings (SSSR count). The maximum atomic E-state index is 11.1. The second kappa shape index (κ2) is 7.53. The van der Waals surface area contributed by atoms with E-state index in [0.29, 0.717) is 25.6 Å². The number of anilines is 1. The quantitative estimate of drug-likeness (QED) is 0.696. The monoisotopic (exact) mass is 383 g/mol. The lowest BCUT2D eigenvalue weighted by Gasteiger charge is -2.30. The minimum absolute atomic E-state index is 0.175. The Kier molecular flexibility index (Phi) is 4.93. The molecule has 8 heteroatoms. The maximum absolute atomic E-state index is 11.1. The van der Waals surface area contributed by atoms with Crippen molar-refractivity contribution in [1.82, 2.24) is 19.4 Å². The number of furan rings is 1. The Morgan fingerprint density at radius 1 is 1.32 bits per heavy atom. The first kappa shape index (κ1) is 18.3. The Morgan fingerprint density at radius 3 is 2.79 bits per heavy atom. The van der Waals surface area contributed by atoms with E-state index in [1.807, 2.05) is 28.8 Å². The Balaban J connectivity index is 1.57. The van der Waals surface area contributed by atoms with Crippen LogP contribution in [-0.4, -0.2) is 49.8 Å². The van der Waals surface area contributed by atoms with Crippen LogP contribution in [0.5, 0.6) is 0 Å². The number of imidazole rings is 1. The fourth-order valence-electron chi connectivity index (χ4n) is 3.56. The summed E-state index contributed by atoms with van der Waals surface area (Å²) >= 11 is 0. The highest BCUT2D eigenvalue weighted by Crippen LogP contribution is 2.24. The Labute approximate surface area is 163 Å². The topological polar surface area (TPSA) is 96.4 Å². The number of pyridine rings is 1. The van der Waals surface area contributed by atoms with E-state index in [4.69, 9.17) is 14.5 Å². The van der Waals surface area contributed by atoms with Gasteiger partial charge in [-0.25, -0.2) is 14.8 Å². The number of carboxylic acid groups (broad SMARTS) is 1. The summed E-state index contributed by atoms with van der Waals surface area (Å²) in [5, 5.41) is 12.6. The van der Waals surface area contributed by atoms with Crippen LogP contribution in [0, 0.1) is 0 Å². The van der Waals surface area contributed by atoms with E-state index in [0.717, 1.165) is 41.5 Å². The van der Waals surface area contributed by atoms with Gasteiger partial charge < -0.3 is 19.7 Å². The van der Waals surface area contributed by atoms with Crippen molar-refractivity contribution in [2.45, 2.75) is 45.2 Å². The normalized spacial score (nSPS) is 15.5. The highest BCUT2D eigenvalue weighted by Gasteiger charge is 2.24. The van der Waals surface area contributed by atoms with Gasteiger partial charge in [-0.1, -0.05) is 13.8 Å². The lowest BCUT2D eigenvalue weighted by molar-refractivity contribution is 0.133. The number of amides is 1. The third-order valence-corrected chi connectivity index (χ3v) is 5.17. The smallest absolute Gasteiger partial charge is 0.407 e. The van der Waals surface area contributed by atoms with Crippen molar-refractivity contribution in [3.05, 3.63) is 42.0 Å². The van der Waals surface area contributed by atoms with E-state index in [9.17, 15) is 4.79 Å². The number of aromatic nitrogens is 3. The highest BCUT2D eigenvalue weighted by molar-refractivity contribution is 5.74. The summed E-state index contributed by atoms with van der Waals surface area (Å²) in [6.45, 7) is 5.81. The molecule has 4 heterocycles. The van der Waals surface area contributed by atoms with Crippen molar-refractivity contribution in [2.24, 2.45) is 0 Å². The summed E-state index contributed by atoms with van der Waals surface area (Å²) in [5.74, 6) is 2.90. The number of hydrogen-bond acceptors (Lipinski definition) is 5. The van der Waals surface area contributed by atoms with Crippen LogP contribution < -0.4 is 5.32 Å². The molecule has 0 atom stereocenters. The number of fused-ring (bicyclic) bond motifs is 1. The van der Waals surface area contributed by atoms with Gasteiger partial charge in [0.1, 0.15) is 17.0 Å². The predicted octanol–water partition coefficient (Wildman–Crippen LogP) is 3.75. The number of likely N-dealkylation sites (tertiary alicyclic amines) is 1. The zero-order valence-corrected chi connectivity index (χ0v) is 16.1. The summed E-state index contributed by atoms with van der Waals surface area (Å²) in [7, 11) is 0. The second-order valence-electron chi connectivity index (χ2n) is 7.51. The number of piperidine rings is 1. The molecule has 0 aliphatic carbocycles. The number of rotatable bonds is 5. The van der Waals surface area contributed by atoms with Gasteiger partial charge in [-0.05, 0) is 37.1 Å². The van der Waals surface area contributed by atoms with Crippen LogP contribution in [0.3, 0.4) is 0 Å². The number of nitrogens with one attached hydrogen (secondary N) is 1. The molecule has 0 aromatic carbocycles. The van der Waals surface area contributed by atoms with Gasteiger partial charge in [-0.2, -0.15) is 0 Å². The zero-order valence-electron chi connectivity index (χ0n) is 16.1. The Bertz CT molecular complexity index is 969. The molecule has 1 saturated heterocycles. The highest BCUT2D eigenvalue weighted by atomic mass is 16.4. The number of carbonyl (C=O) groups is 1. The van der Waals surface area contributed by atoms with Crippen LogP contribution in [0.15, 0.2) is 34.9 Å². The minimum atomic E-state index is -0.853. The summed E-state index contributed by atoms with van der Waals surface area (Å²) in [6, 6.07) is 8.01. The van der Waals surface area contributed by atoms with E-state index >= 15 is 0 Å². The summed E-state index contributed by atoms with van der Waals surface area (Å²) in [5.41, 5.74) is 1.62. The van der Waals surface area contributed by atoms with Crippen LogP contribution in [0.4, 0.5) is 10.7 Å². The third kappa shape index (κ3) is 3.67. The average molecular weight is 383 g/mol. The molecular formula is C20H25N5O3. The zero-order chi connectivity index (χ0) is 19.7. The molecule has 1 fully saturated rings. The molecule has 2 N–H and O–H groups in total. The summed E-state index contributed by atoms with van der Waals surface area (Å²) in [6.07, 6.45) is 2.41. The van der Waals surface area contributed by atoms with E-state index < -0.39 is 6.09 Å². The van der Waals surface area contributed by atoms with Crippen molar-refractivity contribution in [3.63, 3.8) is 0 Å². The van der Waals surface area contributed by atoms with E-state index in [1.54, 1.807) is 6.20 Å². The summed E-state index contributed by atoms with van der Waals surface area (Å²) < 4.78 is 8.01. The molecule has 1 amide bonds. The number of nitrogens with zero attached hydrogens (tertiary/aromatic N) is 4. The molecule has 8 nitrogen and oxygen atoms in total. The van der Waals surface area contributed by atoms with Gasteiger partial charge in [-0.15, -0.1) is 0 Å². The van der Waals surface area contributed by atoms with E-state index in [2.05, 4.69) is 24.1 Å². The van der Waals surface area contributed by atoms with Gasteiger partial charge in [0.05, 0.1) is 6.54 Å². The van der Waals surface area contributed by atoms with Crippen molar-refractivity contribution in [2.75, 3.05) is 18.4 Å². The molecule has 0 spiro atoms. The molecule has 28 heavy (non-hydrogen) atoms. The van der Waals surface area contributed by atoms with E-state index in [1.165, 1.54) is 4.90 Å². The fraction of sp³-hybridized carbons (Fsp3) is 0.450. The predicted molar refractivity (Wildman–Crippen MR) is 106 cm³/mol. The van der Waals surface area contributed by atoms with Crippen LogP contribution >= 0.6 is 0 Å². The van der Waals surface area contributed by atoms with Gasteiger partial charge in [0.15, 0.2) is 5.65 Å². The SMILES string of the molecule is CC(C)c1ccc(Cn2c(NC3CCN(C(=O)O)CC3)nc3cccnc32)o1. The molecule has 0 radical (unpaired) electrons. The van der Waals surface area contributed by atoms with Crippen LogP contribution in [0.1, 0.15) is 44.1 Å². The molecule has 1 aliphatic heterocycles. The Morgan fingerprint density at radius 2 is 2.11 bits per heavy atom. The van der Waals surface area contributed by atoms with Crippen LogP contribution in [-0.2, 0) is 6.54 Å². The molecule has 1 aliphatic rings. The van der Waals surface area contributed by atoms with Crippen molar-refractivity contribution in [3.8, 4) is 0 Å². The molecular weight excluding hydrogens is 358 g/mol. The largest absolute Gasteiger partial charge is 0.465 e. The van der Waals surface area contributed by atoms with Gasteiger partial charge in [0, 0.05) is 31.2 Å². The second-order valence-corrected chi connectivity index (χ2v) is 7.51. The maximum Gasteiger partial charge on any atom is 0.407 e. The number of hydrogen-bond donors (Lipinski definition) is 2. The standard InChI is InChI=1S/C20H25N5O3/c1-13(2)17-6-5-15(28-17)12-25-18-16(4-3-9-21-18)23-19(25)22-14-7-10-24(11-8-14)20(26)27/h3-6,9,13-14H,7-8,10-12H2,1-2H3,(H,22,23)(H,26,27). The molecule has 3 aromatic heterocycles.